The first-order chi connectivity index (χ1) is 7.65. The lowest BCUT2D eigenvalue weighted by atomic mass is 10.1. The summed E-state index contributed by atoms with van der Waals surface area (Å²) in [5, 5.41) is 2.82. The van der Waals surface area contributed by atoms with Crippen LogP contribution in [-0.2, 0) is 0 Å². The van der Waals surface area contributed by atoms with Crippen molar-refractivity contribution in [2.45, 2.75) is 13.8 Å². The highest BCUT2D eigenvalue weighted by Crippen LogP contribution is 2.10. The van der Waals surface area contributed by atoms with Gasteiger partial charge in [0.25, 0.3) is 5.91 Å². The monoisotopic (exact) mass is 237 g/mol. The van der Waals surface area contributed by atoms with E-state index in [1.807, 2.05) is 44.2 Å². The Morgan fingerprint density at radius 2 is 2.12 bits per heavy atom. The molecule has 0 unspecified atom stereocenters. The van der Waals surface area contributed by atoms with Crippen LogP contribution in [0, 0.1) is 13.8 Å². The molecule has 0 aliphatic carbocycles. The Kier molecular flexibility index (Phi) is 5.06. The maximum absolute atomic E-state index is 11.8. The first-order valence-corrected chi connectivity index (χ1v) is 5.75. The molecular weight excluding hydrogens is 222 g/mol. The number of alkyl halides is 1. The lowest BCUT2D eigenvalue weighted by Gasteiger charge is -2.06. The van der Waals surface area contributed by atoms with Crippen LogP contribution in [0.15, 0.2) is 30.4 Å². The van der Waals surface area contributed by atoms with Crippen LogP contribution in [0.4, 0.5) is 0 Å². The lowest BCUT2D eigenvalue weighted by Crippen LogP contribution is -2.24. The summed E-state index contributed by atoms with van der Waals surface area (Å²) in [4.78, 5) is 11.8. The summed E-state index contributed by atoms with van der Waals surface area (Å²) in [6, 6.07) is 5.86. The molecule has 0 aliphatic rings. The molecule has 0 radical (unpaired) electrons. The van der Waals surface area contributed by atoms with E-state index >= 15 is 0 Å². The molecule has 1 N–H and O–H groups in total. The number of nitrogens with one attached hydrogen (secondary N) is 1. The van der Waals surface area contributed by atoms with Gasteiger partial charge in [0.05, 0.1) is 0 Å². The van der Waals surface area contributed by atoms with Crippen molar-refractivity contribution >= 4 is 17.5 Å². The maximum atomic E-state index is 11.8. The number of allylic oxidation sites excluding steroid dienone is 1. The van der Waals surface area contributed by atoms with Gasteiger partial charge >= 0.3 is 0 Å². The second kappa shape index (κ2) is 6.33. The van der Waals surface area contributed by atoms with E-state index in [0.29, 0.717) is 12.4 Å². The number of hydrogen-bond donors (Lipinski definition) is 1. The Morgan fingerprint density at radius 1 is 1.38 bits per heavy atom. The van der Waals surface area contributed by atoms with Crippen LogP contribution in [0.3, 0.4) is 0 Å². The van der Waals surface area contributed by atoms with Gasteiger partial charge in [0.15, 0.2) is 0 Å². The normalized spacial score (nSPS) is 10.7. The Hall–Kier alpha value is -1.28. The van der Waals surface area contributed by atoms with E-state index in [0.717, 1.165) is 16.7 Å². The predicted octanol–water partition coefficient (Wildman–Crippen LogP) is 2.83. The first-order valence-electron chi connectivity index (χ1n) is 5.21. The summed E-state index contributed by atoms with van der Waals surface area (Å²) < 4.78 is 0. The Balaban J connectivity index is 2.65. The number of carbonyl (C=O) groups is 1. The minimum atomic E-state index is -0.0413. The number of amides is 1. The van der Waals surface area contributed by atoms with Crippen LogP contribution < -0.4 is 5.32 Å². The lowest BCUT2D eigenvalue weighted by molar-refractivity contribution is 0.0957. The second-order valence-corrected chi connectivity index (χ2v) is 3.96. The van der Waals surface area contributed by atoms with Crippen molar-refractivity contribution in [2.75, 3.05) is 12.4 Å². The average Bonchev–Trinajstić information content (AvgIpc) is 2.27. The SMILES string of the molecule is Cc1ccc(C)c(C(=O)NC/C=C/CCl)c1. The van der Waals surface area contributed by atoms with Crippen LogP contribution in [0.2, 0.25) is 0 Å². The molecule has 0 aliphatic heterocycles. The Labute approximate surface area is 101 Å². The van der Waals surface area contributed by atoms with Crippen LogP contribution in [-0.4, -0.2) is 18.3 Å². The van der Waals surface area contributed by atoms with Crippen LogP contribution in [0.5, 0.6) is 0 Å². The number of rotatable bonds is 4. The topological polar surface area (TPSA) is 29.1 Å². The van der Waals surface area contributed by atoms with Crippen molar-refractivity contribution < 1.29 is 4.79 Å². The molecule has 0 heterocycles. The fraction of sp³-hybridized carbons (Fsp3) is 0.308. The highest BCUT2D eigenvalue weighted by molar-refractivity contribution is 6.18. The van der Waals surface area contributed by atoms with Gasteiger partial charge in [-0.1, -0.05) is 29.8 Å². The summed E-state index contributed by atoms with van der Waals surface area (Å²) in [6.45, 7) is 4.42. The van der Waals surface area contributed by atoms with Gasteiger partial charge in [0, 0.05) is 18.0 Å². The summed E-state index contributed by atoms with van der Waals surface area (Å²) in [6.07, 6.45) is 3.65. The van der Waals surface area contributed by atoms with Crippen molar-refractivity contribution in [2.24, 2.45) is 0 Å². The summed E-state index contributed by atoms with van der Waals surface area (Å²) in [5.41, 5.74) is 2.82. The molecule has 0 saturated carbocycles. The summed E-state index contributed by atoms with van der Waals surface area (Å²) in [5.74, 6) is 0.430. The smallest absolute Gasteiger partial charge is 0.251 e. The number of halogens is 1. The van der Waals surface area contributed by atoms with Crippen LogP contribution in [0.1, 0.15) is 21.5 Å². The fourth-order valence-corrected chi connectivity index (χ4v) is 1.50. The van der Waals surface area contributed by atoms with Gasteiger partial charge in [-0.15, -0.1) is 11.6 Å². The van der Waals surface area contributed by atoms with Gasteiger partial charge in [-0.3, -0.25) is 4.79 Å². The maximum Gasteiger partial charge on any atom is 0.251 e. The third-order valence-electron chi connectivity index (χ3n) is 2.27. The molecule has 86 valence electrons. The van der Waals surface area contributed by atoms with E-state index in [4.69, 9.17) is 11.6 Å². The second-order valence-electron chi connectivity index (χ2n) is 3.65. The summed E-state index contributed by atoms with van der Waals surface area (Å²) >= 11 is 5.48. The number of benzene rings is 1. The van der Waals surface area contributed by atoms with E-state index in [9.17, 15) is 4.79 Å². The van der Waals surface area contributed by atoms with Crippen molar-refractivity contribution in [3.63, 3.8) is 0 Å². The molecule has 1 rings (SSSR count). The van der Waals surface area contributed by atoms with Gasteiger partial charge in [-0.2, -0.15) is 0 Å². The van der Waals surface area contributed by atoms with Gasteiger partial charge in [0.2, 0.25) is 0 Å². The van der Waals surface area contributed by atoms with E-state index < -0.39 is 0 Å². The zero-order chi connectivity index (χ0) is 12.0. The molecule has 0 spiro atoms. The zero-order valence-electron chi connectivity index (χ0n) is 9.59. The quantitative estimate of drug-likeness (QED) is 0.633. The van der Waals surface area contributed by atoms with E-state index in [1.165, 1.54) is 0 Å². The molecule has 3 heteroatoms. The van der Waals surface area contributed by atoms with Crippen molar-refractivity contribution in [3.05, 3.63) is 47.0 Å². The van der Waals surface area contributed by atoms with Gasteiger partial charge in [-0.25, -0.2) is 0 Å². The third-order valence-corrected chi connectivity index (χ3v) is 2.45. The number of carbonyl (C=O) groups excluding carboxylic acids is 1. The van der Waals surface area contributed by atoms with Crippen molar-refractivity contribution in [1.82, 2.24) is 5.32 Å². The fourth-order valence-electron chi connectivity index (χ4n) is 1.37. The highest BCUT2D eigenvalue weighted by Gasteiger charge is 2.07. The molecule has 2 nitrogen and oxygen atoms in total. The molecule has 0 aromatic heterocycles. The van der Waals surface area contributed by atoms with Crippen molar-refractivity contribution in [3.8, 4) is 0 Å². The molecule has 1 aromatic rings. The molecule has 0 atom stereocenters. The molecule has 1 aromatic carbocycles. The molecule has 0 bridgehead atoms. The van der Waals surface area contributed by atoms with Crippen LogP contribution >= 0.6 is 11.6 Å². The zero-order valence-corrected chi connectivity index (χ0v) is 10.3. The molecule has 0 fully saturated rings. The largest absolute Gasteiger partial charge is 0.349 e. The van der Waals surface area contributed by atoms with Gasteiger partial charge in [0.1, 0.15) is 0 Å². The average molecular weight is 238 g/mol. The van der Waals surface area contributed by atoms with E-state index in [-0.39, 0.29) is 5.91 Å². The molecular formula is C13H16ClNO. The highest BCUT2D eigenvalue weighted by atomic mass is 35.5. The minimum Gasteiger partial charge on any atom is -0.349 e. The van der Waals surface area contributed by atoms with Crippen LogP contribution in [0.25, 0.3) is 0 Å². The van der Waals surface area contributed by atoms with Crippen molar-refractivity contribution in [1.29, 1.82) is 0 Å². The minimum absolute atomic E-state index is 0.0413. The number of aryl methyl sites for hydroxylation is 2. The van der Waals surface area contributed by atoms with Gasteiger partial charge in [-0.05, 0) is 25.5 Å². The Morgan fingerprint density at radius 3 is 2.81 bits per heavy atom. The standard InChI is InChI=1S/C13H16ClNO/c1-10-5-6-11(2)12(9-10)13(16)15-8-4-3-7-14/h3-6,9H,7-8H2,1-2H3,(H,15,16)/b4-3+. The van der Waals surface area contributed by atoms with E-state index in [1.54, 1.807) is 0 Å². The molecule has 16 heavy (non-hydrogen) atoms. The van der Waals surface area contributed by atoms with E-state index in [2.05, 4.69) is 5.32 Å². The Bertz CT molecular complexity index is 399. The summed E-state index contributed by atoms with van der Waals surface area (Å²) in [7, 11) is 0. The molecule has 0 saturated heterocycles. The predicted molar refractivity (Wildman–Crippen MR) is 68.1 cm³/mol. The van der Waals surface area contributed by atoms with Gasteiger partial charge < -0.3 is 5.32 Å². The third kappa shape index (κ3) is 3.70. The molecule has 1 amide bonds. The first kappa shape index (κ1) is 12.8. The number of hydrogen-bond acceptors (Lipinski definition) is 1.